The van der Waals surface area contributed by atoms with E-state index in [9.17, 15) is 8.78 Å². The maximum absolute atomic E-state index is 15.4. The summed E-state index contributed by atoms with van der Waals surface area (Å²) in [6.45, 7) is 3.77. The Kier molecular flexibility index (Phi) is 5.74. The molecule has 6 heteroatoms. The van der Waals surface area contributed by atoms with Crippen LogP contribution in [0.5, 0.6) is 5.75 Å². The van der Waals surface area contributed by atoms with E-state index in [0.717, 1.165) is 18.9 Å². The first-order valence-electron chi connectivity index (χ1n) is 9.89. The molecule has 0 spiro atoms. The number of hydrogen-bond donors (Lipinski definition) is 0. The largest absolute Gasteiger partial charge is 0.491 e. The van der Waals surface area contributed by atoms with Gasteiger partial charge in [-0.3, -0.25) is 0 Å². The second-order valence-electron chi connectivity index (χ2n) is 8.10. The van der Waals surface area contributed by atoms with Gasteiger partial charge >= 0.3 is 0 Å². The Morgan fingerprint density at radius 3 is 2.48 bits per heavy atom. The summed E-state index contributed by atoms with van der Waals surface area (Å²) in [7, 11) is 0. The van der Waals surface area contributed by atoms with Crippen LogP contribution in [0.1, 0.15) is 70.3 Å². The van der Waals surface area contributed by atoms with Crippen molar-refractivity contribution < 1.29 is 26.7 Å². The Bertz CT molecular complexity index is 677. The van der Waals surface area contributed by atoms with Gasteiger partial charge in [-0.15, -0.1) is 0 Å². The van der Waals surface area contributed by atoms with Gasteiger partial charge in [-0.25, -0.2) is 17.6 Å². The molecule has 0 amide bonds. The molecule has 152 valence electrons. The highest BCUT2D eigenvalue weighted by atomic mass is 19.3. The summed E-state index contributed by atoms with van der Waals surface area (Å²) in [5.41, 5.74) is -2.01. The van der Waals surface area contributed by atoms with Crippen LogP contribution in [0.3, 0.4) is 0 Å². The Hall–Kier alpha value is -1.33. The van der Waals surface area contributed by atoms with Crippen LogP contribution in [0, 0.1) is 23.5 Å². The first-order chi connectivity index (χ1) is 12.7. The maximum atomic E-state index is 15.4. The summed E-state index contributed by atoms with van der Waals surface area (Å²) in [6.07, 6.45) is 1.67. The number of rotatable bonds is 5. The molecule has 4 unspecified atom stereocenters. The van der Waals surface area contributed by atoms with Crippen molar-refractivity contribution in [3.63, 3.8) is 0 Å². The lowest BCUT2D eigenvalue weighted by atomic mass is 9.86. The molecule has 0 aliphatic heterocycles. The zero-order valence-electron chi connectivity index (χ0n) is 15.8. The molecule has 4 atom stereocenters. The lowest BCUT2D eigenvalue weighted by molar-refractivity contribution is -0.0520. The monoisotopic (exact) mass is 390 g/mol. The molecule has 0 radical (unpaired) electrons. The normalized spacial score (nSPS) is 32.8. The van der Waals surface area contributed by atoms with E-state index in [0.29, 0.717) is 12.8 Å². The molecule has 0 bridgehead atoms. The highest BCUT2D eigenvalue weighted by molar-refractivity contribution is 5.34. The quantitative estimate of drug-likeness (QED) is 0.502. The number of alkyl halides is 3. The van der Waals surface area contributed by atoms with E-state index in [1.165, 1.54) is 6.07 Å². The fourth-order valence-corrected chi connectivity index (χ4v) is 5.08. The van der Waals surface area contributed by atoms with Gasteiger partial charge in [0.2, 0.25) is 5.82 Å². The Morgan fingerprint density at radius 1 is 1.07 bits per heavy atom. The van der Waals surface area contributed by atoms with Crippen LogP contribution in [-0.2, 0) is 0 Å². The van der Waals surface area contributed by atoms with Crippen molar-refractivity contribution in [1.29, 1.82) is 0 Å². The smallest absolute Gasteiger partial charge is 0.255 e. The molecule has 0 aromatic heterocycles. The van der Waals surface area contributed by atoms with Crippen molar-refractivity contribution in [2.45, 2.75) is 76.3 Å². The van der Waals surface area contributed by atoms with Crippen LogP contribution in [0.2, 0.25) is 0 Å². The number of ether oxygens (including phenoxy) is 1. The molecular weight excluding hydrogens is 363 g/mol. The third kappa shape index (κ3) is 3.81. The van der Waals surface area contributed by atoms with Crippen molar-refractivity contribution in [3.8, 4) is 5.75 Å². The first kappa shape index (κ1) is 20.4. The van der Waals surface area contributed by atoms with Crippen LogP contribution in [0.4, 0.5) is 22.0 Å². The van der Waals surface area contributed by atoms with Crippen LogP contribution in [0.25, 0.3) is 0 Å². The maximum Gasteiger partial charge on any atom is 0.255 e. The van der Waals surface area contributed by atoms with E-state index < -0.39 is 41.5 Å². The predicted octanol–water partition coefficient (Wildman–Crippen LogP) is 6.80. The number of fused-ring (bicyclic) bond motifs is 1. The molecule has 2 fully saturated rings. The molecule has 0 heterocycles. The van der Waals surface area contributed by atoms with E-state index in [-0.39, 0.29) is 36.7 Å². The fourth-order valence-electron chi connectivity index (χ4n) is 5.08. The van der Waals surface area contributed by atoms with Gasteiger partial charge in [0.25, 0.3) is 5.92 Å². The van der Waals surface area contributed by atoms with Gasteiger partial charge < -0.3 is 4.74 Å². The molecule has 1 nitrogen and oxygen atoms in total. The van der Waals surface area contributed by atoms with E-state index in [4.69, 9.17) is 4.74 Å². The van der Waals surface area contributed by atoms with Crippen LogP contribution < -0.4 is 4.74 Å². The minimum Gasteiger partial charge on any atom is -0.491 e. The van der Waals surface area contributed by atoms with Gasteiger partial charge in [0.1, 0.15) is 5.67 Å². The predicted molar refractivity (Wildman–Crippen MR) is 94.0 cm³/mol. The molecule has 1 aromatic carbocycles. The topological polar surface area (TPSA) is 9.23 Å². The molecule has 1 aromatic rings. The fraction of sp³-hybridized carbons (Fsp3) is 0.714. The highest BCUT2D eigenvalue weighted by Gasteiger charge is 2.56. The molecule has 0 saturated heterocycles. The van der Waals surface area contributed by atoms with Gasteiger partial charge in [0, 0.05) is 12.0 Å². The summed E-state index contributed by atoms with van der Waals surface area (Å²) < 4.78 is 79.1. The van der Waals surface area contributed by atoms with E-state index >= 15 is 13.2 Å². The molecule has 3 rings (SSSR count). The van der Waals surface area contributed by atoms with Crippen molar-refractivity contribution in [3.05, 3.63) is 29.3 Å². The zero-order valence-corrected chi connectivity index (χ0v) is 15.8. The van der Waals surface area contributed by atoms with Gasteiger partial charge in [0.15, 0.2) is 11.6 Å². The third-order valence-electron chi connectivity index (χ3n) is 6.30. The SMILES string of the molecule is CCCC1CC2CC(F)(F)C(c3ccc(OCC)c(F)c3F)CCC2(F)C1. The summed E-state index contributed by atoms with van der Waals surface area (Å²) in [6, 6.07) is 2.34. The Morgan fingerprint density at radius 2 is 1.81 bits per heavy atom. The van der Waals surface area contributed by atoms with Gasteiger partial charge in [-0.05, 0) is 50.5 Å². The second-order valence-corrected chi connectivity index (χ2v) is 8.10. The lowest BCUT2D eigenvalue weighted by Gasteiger charge is -2.28. The van der Waals surface area contributed by atoms with Crippen molar-refractivity contribution in [1.82, 2.24) is 0 Å². The van der Waals surface area contributed by atoms with Gasteiger partial charge in [-0.2, -0.15) is 4.39 Å². The standard InChI is InChI=1S/C21H27F5O/c1-3-5-13-10-14-12-21(25,26)16(8-9-20(14,24)11-13)15-6-7-17(27-4-2)19(23)18(15)22/h6-7,13-14,16H,3-5,8-12H2,1-2H3. The molecule has 0 N–H and O–H groups in total. The average Bonchev–Trinajstić information content (AvgIpc) is 2.84. The molecule has 27 heavy (non-hydrogen) atoms. The number of halogens is 5. The molecule has 2 aliphatic rings. The minimum absolute atomic E-state index is 0.0353. The van der Waals surface area contributed by atoms with Crippen LogP contribution in [0.15, 0.2) is 12.1 Å². The zero-order chi connectivity index (χ0) is 19.8. The van der Waals surface area contributed by atoms with Crippen LogP contribution in [-0.4, -0.2) is 18.2 Å². The van der Waals surface area contributed by atoms with Crippen molar-refractivity contribution in [2.24, 2.45) is 11.8 Å². The summed E-state index contributed by atoms with van der Waals surface area (Å²) in [5.74, 6) is -8.24. The molecular formula is C21H27F5O. The van der Waals surface area contributed by atoms with Gasteiger partial charge in [0.05, 0.1) is 12.5 Å². The average molecular weight is 390 g/mol. The third-order valence-corrected chi connectivity index (χ3v) is 6.30. The minimum atomic E-state index is -3.28. The van der Waals surface area contributed by atoms with E-state index in [2.05, 4.69) is 0 Å². The Balaban J connectivity index is 1.88. The molecule has 2 saturated carbocycles. The first-order valence-corrected chi connectivity index (χ1v) is 9.89. The summed E-state index contributed by atoms with van der Waals surface area (Å²) in [5, 5.41) is 0. The van der Waals surface area contributed by atoms with Crippen molar-refractivity contribution >= 4 is 0 Å². The second kappa shape index (κ2) is 7.59. The van der Waals surface area contributed by atoms with Gasteiger partial charge in [-0.1, -0.05) is 25.8 Å². The van der Waals surface area contributed by atoms with Crippen LogP contribution >= 0.6 is 0 Å². The highest BCUT2D eigenvalue weighted by Crippen LogP contribution is 2.57. The van der Waals surface area contributed by atoms with Crippen molar-refractivity contribution in [2.75, 3.05) is 6.61 Å². The number of benzene rings is 1. The summed E-state index contributed by atoms with van der Waals surface area (Å²) in [4.78, 5) is 0. The Labute approximate surface area is 157 Å². The number of hydrogen-bond acceptors (Lipinski definition) is 1. The summed E-state index contributed by atoms with van der Waals surface area (Å²) >= 11 is 0. The molecule has 2 aliphatic carbocycles. The lowest BCUT2D eigenvalue weighted by Crippen LogP contribution is -2.31. The van der Waals surface area contributed by atoms with E-state index in [1.54, 1.807) is 6.92 Å². The van der Waals surface area contributed by atoms with E-state index in [1.807, 2.05) is 6.92 Å².